The number of halogens is 2. The molecule has 5 N–H and O–H groups in total. The lowest BCUT2D eigenvalue weighted by Crippen LogP contribution is -2.16. The van der Waals surface area contributed by atoms with E-state index in [9.17, 15) is 9.59 Å². The van der Waals surface area contributed by atoms with Gasteiger partial charge in [0.25, 0.3) is 5.91 Å². The molecule has 0 aliphatic carbocycles. The molecule has 0 aliphatic rings. The summed E-state index contributed by atoms with van der Waals surface area (Å²) in [5, 5.41) is 3.55. The van der Waals surface area contributed by atoms with Gasteiger partial charge in [-0.2, -0.15) is 0 Å². The van der Waals surface area contributed by atoms with Crippen LogP contribution in [0, 0.1) is 0 Å². The first-order valence-electron chi connectivity index (χ1n) is 8.13. The highest BCUT2D eigenvalue weighted by Gasteiger charge is 2.18. The van der Waals surface area contributed by atoms with Crippen LogP contribution in [0.1, 0.15) is 17.3 Å². The normalized spacial score (nSPS) is 10.5. The maximum Gasteiger partial charge on any atom is 0.253 e. The van der Waals surface area contributed by atoms with E-state index in [-0.39, 0.29) is 17.3 Å². The predicted octanol–water partition coefficient (Wildman–Crippen LogP) is 5.17. The van der Waals surface area contributed by atoms with Crippen molar-refractivity contribution in [3.63, 3.8) is 0 Å². The van der Waals surface area contributed by atoms with Crippen molar-refractivity contribution in [1.82, 2.24) is 4.98 Å². The Kier molecular flexibility index (Phi) is 6.18. The number of carbonyl (C=O) groups excluding carboxylic acids is 2. The SMILES string of the molecule is CC(=O)Nc1[nH]cc(-c2ccc(NSc3cccc(Cl)c3Cl)cc2)c1C(N)=O. The van der Waals surface area contributed by atoms with Crippen LogP contribution in [0.4, 0.5) is 11.5 Å². The minimum atomic E-state index is -0.631. The zero-order valence-corrected chi connectivity index (χ0v) is 17.0. The lowest BCUT2D eigenvalue weighted by Gasteiger charge is -2.09. The van der Waals surface area contributed by atoms with Crippen LogP contribution in [0.15, 0.2) is 53.6 Å². The molecule has 9 heteroatoms. The average molecular weight is 435 g/mol. The quantitative estimate of drug-likeness (QED) is 0.402. The molecule has 3 aromatic rings. The lowest BCUT2D eigenvalue weighted by molar-refractivity contribution is -0.114. The number of nitrogens with one attached hydrogen (secondary N) is 3. The third-order valence-corrected chi connectivity index (χ3v) is 5.65. The molecule has 3 rings (SSSR count). The number of rotatable bonds is 6. The molecule has 2 amide bonds. The summed E-state index contributed by atoms with van der Waals surface area (Å²) in [4.78, 5) is 26.8. The Morgan fingerprint density at radius 3 is 2.46 bits per heavy atom. The third kappa shape index (κ3) is 4.44. The van der Waals surface area contributed by atoms with E-state index < -0.39 is 5.91 Å². The van der Waals surface area contributed by atoms with Crippen molar-refractivity contribution in [2.75, 3.05) is 10.0 Å². The Morgan fingerprint density at radius 2 is 1.82 bits per heavy atom. The van der Waals surface area contributed by atoms with E-state index in [0.717, 1.165) is 16.1 Å². The molecule has 0 radical (unpaired) electrons. The number of nitrogens with two attached hydrogens (primary N) is 1. The van der Waals surface area contributed by atoms with Gasteiger partial charge in [0.1, 0.15) is 5.82 Å². The number of hydrogen-bond acceptors (Lipinski definition) is 4. The number of amides is 2. The minimum absolute atomic E-state index is 0.232. The van der Waals surface area contributed by atoms with Crippen molar-refractivity contribution < 1.29 is 9.59 Å². The molecule has 28 heavy (non-hydrogen) atoms. The molecule has 0 aliphatic heterocycles. The number of primary amides is 1. The Labute approximate surface area is 175 Å². The van der Waals surface area contributed by atoms with Crippen LogP contribution in [-0.2, 0) is 4.79 Å². The van der Waals surface area contributed by atoms with E-state index in [1.165, 1.54) is 18.9 Å². The molecule has 0 spiro atoms. The average Bonchev–Trinajstić information content (AvgIpc) is 3.06. The first kappa shape index (κ1) is 20.1. The summed E-state index contributed by atoms with van der Waals surface area (Å²) in [6.45, 7) is 1.36. The molecule has 2 aromatic carbocycles. The van der Waals surface area contributed by atoms with Crippen LogP contribution < -0.4 is 15.8 Å². The Balaban J connectivity index is 1.79. The summed E-state index contributed by atoms with van der Waals surface area (Å²) >= 11 is 13.5. The molecule has 0 saturated carbocycles. The van der Waals surface area contributed by atoms with Gasteiger partial charge in [0.05, 0.1) is 15.6 Å². The molecule has 144 valence electrons. The standard InChI is InChI=1S/C19H16Cl2N4O2S/c1-10(26)24-19-16(18(22)27)13(9-23-19)11-5-7-12(8-6-11)25-28-15-4-2-3-14(20)17(15)21/h2-9,23,25H,1H3,(H2,22,27)(H,24,26). The molecule has 0 unspecified atom stereocenters. The van der Waals surface area contributed by atoms with Crippen LogP contribution in [-0.4, -0.2) is 16.8 Å². The van der Waals surface area contributed by atoms with E-state index in [2.05, 4.69) is 15.0 Å². The maximum absolute atomic E-state index is 11.9. The third-order valence-electron chi connectivity index (χ3n) is 3.82. The monoisotopic (exact) mass is 434 g/mol. The molecule has 6 nitrogen and oxygen atoms in total. The molecule has 0 fully saturated rings. The summed E-state index contributed by atoms with van der Waals surface area (Å²) in [5.41, 5.74) is 7.94. The summed E-state index contributed by atoms with van der Waals surface area (Å²) < 4.78 is 3.19. The number of anilines is 2. The highest BCUT2D eigenvalue weighted by molar-refractivity contribution is 8.00. The van der Waals surface area contributed by atoms with Gasteiger partial charge < -0.3 is 20.8 Å². The molecule has 1 heterocycles. The summed E-state index contributed by atoms with van der Waals surface area (Å²) in [5.74, 6) is -0.649. The van der Waals surface area contributed by atoms with E-state index >= 15 is 0 Å². The van der Waals surface area contributed by atoms with Gasteiger partial charge in [0.15, 0.2) is 0 Å². The van der Waals surface area contributed by atoms with Crippen LogP contribution in [0.5, 0.6) is 0 Å². The summed E-state index contributed by atoms with van der Waals surface area (Å²) in [7, 11) is 0. The van der Waals surface area contributed by atoms with Gasteiger partial charge in [-0.3, -0.25) is 9.59 Å². The van der Waals surface area contributed by atoms with E-state index in [1.807, 2.05) is 36.4 Å². The number of benzene rings is 2. The number of H-pyrrole nitrogens is 1. The van der Waals surface area contributed by atoms with Crippen LogP contribution >= 0.6 is 35.1 Å². The Bertz CT molecular complexity index is 1030. The fourth-order valence-corrected chi connectivity index (χ4v) is 3.76. The molecule has 0 atom stereocenters. The predicted molar refractivity (Wildman–Crippen MR) is 115 cm³/mol. The van der Waals surface area contributed by atoms with Gasteiger partial charge in [0, 0.05) is 29.3 Å². The second-order valence-corrected chi connectivity index (χ2v) is 7.46. The Morgan fingerprint density at radius 1 is 1.11 bits per heavy atom. The molecule has 0 bridgehead atoms. The number of carbonyl (C=O) groups is 2. The minimum Gasteiger partial charge on any atom is -0.365 e. The largest absolute Gasteiger partial charge is 0.365 e. The van der Waals surface area contributed by atoms with Gasteiger partial charge in [-0.05, 0) is 41.8 Å². The molecule has 1 aromatic heterocycles. The molecular weight excluding hydrogens is 419 g/mol. The first-order chi connectivity index (χ1) is 13.4. The zero-order valence-electron chi connectivity index (χ0n) is 14.7. The smallest absolute Gasteiger partial charge is 0.253 e. The van der Waals surface area contributed by atoms with Crippen LogP contribution in [0.25, 0.3) is 11.1 Å². The zero-order chi connectivity index (χ0) is 20.3. The second-order valence-electron chi connectivity index (χ2n) is 5.83. The van der Waals surface area contributed by atoms with E-state index in [0.29, 0.717) is 15.6 Å². The summed E-state index contributed by atoms with van der Waals surface area (Å²) in [6, 6.07) is 12.8. The second kappa shape index (κ2) is 8.60. The fraction of sp³-hybridized carbons (Fsp3) is 0.0526. The highest BCUT2D eigenvalue weighted by Crippen LogP contribution is 2.34. The van der Waals surface area contributed by atoms with Crippen molar-refractivity contribution in [3.8, 4) is 11.1 Å². The van der Waals surface area contributed by atoms with Crippen molar-refractivity contribution >= 4 is 58.5 Å². The van der Waals surface area contributed by atoms with Crippen molar-refractivity contribution in [2.45, 2.75) is 11.8 Å². The number of hydrogen-bond donors (Lipinski definition) is 4. The Hall–Kier alpha value is -2.61. The van der Waals surface area contributed by atoms with Crippen molar-refractivity contribution in [3.05, 3.63) is 64.3 Å². The van der Waals surface area contributed by atoms with Gasteiger partial charge in [-0.15, -0.1) is 0 Å². The summed E-state index contributed by atoms with van der Waals surface area (Å²) in [6.07, 6.45) is 1.63. The van der Waals surface area contributed by atoms with E-state index in [4.69, 9.17) is 28.9 Å². The van der Waals surface area contributed by atoms with Crippen LogP contribution in [0.2, 0.25) is 10.0 Å². The lowest BCUT2D eigenvalue weighted by atomic mass is 10.0. The molecule has 0 saturated heterocycles. The van der Waals surface area contributed by atoms with E-state index in [1.54, 1.807) is 12.3 Å². The number of aromatic nitrogens is 1. The topological polar surface area (TPSA) is 100 Å². The number of aromatic amines is 1. The first-order valence-corrected chi connectivity index (χ1v) is 9.70. The maximum atomic E-state index is 11.9. The highest BCUT2D eigenvalue weighted by atomic mass is 35.5. The van der Waals surface area contributed by atoms with Gasteiger partial charge >= 0.3 is 0 Å². The van der Waals surface area contributed by atoms with Crippen molar-refractivity contribution in [1.29, 1.82) is 0 Å². The van der Waals surface area contributed by atoms with Gasteiger partial charge in [0.2, 0.25) is 5.91 Å². The van der Waals surface area contributed by atoms with Crippen LogP contribution in [0.3, 0.4) is 0 Å². The fourth-order valence-electron chi connectivity index (χ4n) is 2.58. The van der Waals surface area contributed by atoms with Gasteiger partial charge in [-0.1, -0.05) is 41.4 Å². The molecular formula is C19H16Cl2N4O2S. The van der Waals surface area contributed by atoms with Gasteiger partial charge in [-0.25, -0.2) is 0 Å². The van der Waals surface area contributed by atoms with Crippen molar-refractivity contribution in [2.24, 2.45) is 5.73 Å².